The highest BCUT2D eigenvalue weighted by Crippen LogP contribution is 2.55. The number of aliphatic hydroxyl groups excluding tert-OH is 1. The zero-order chi connectivity index (χ0) is 24.3. The van der Waals surface area contributed by atoms with Crippen LogP contribution in [0.5, 0.6) is 0 Å². The number of benzene rings is 3. The molecule has 3 aliphatic rings. The van der Waals surface area contributed by atoms with Crippen LogP contribution in [0.2, 0.25) is 0 Å². The average molecular weight is 481 g/mol. The van der Waals surface area contributed by atoms with Crippen molar-refractivity contribution >= 4 is 55.4 Å². The van der Waals surface area contributed by atoms with E-state index in [4.69, 9.17) is 5.73 Å². The highest BCUT2D eigenvalue weighted by atomic mass is 16.3. The molecule has 2 amide bonds. The highest BCUT2D eigenvalue weighted by Gasteiger charge is 2.51. The standard InChI is InChI=1S/C27H24N6O3/c28-27(31-29-9-10-34)12-13-11-18(27)33-17-8-4-2-6-15(17)20-22-21(25(35)30-26(22)36)19-14-5-1-3-7-16(14)32(13)23(19)24(20)33/h1-8,13,18,29,31,34H,9-12,28H2,(H,30,35,36)/t13?,18?,27-/m1/s1. The van der Waals surface area contributed by atoms with Crippen LogP contribution in [0, 0.1) is 0 Å². The van der Waals surface area contributed by atoms with Gasteiger partial charge < -0.3 is 20.0 Å². The average Bonchev–Trinajstić information content (AvgIpc) is 3.54. The smallest absolute Gasteiger partial charge is 0.259 e. The fraction of sp³-hybridized carbons (Fsp3) is 0.259. The number of aliphatic hydroxyl groups is 1. The van der Waals surface area contributed by atoms with E-state index in [0.29, 0.717) is 24.1 Å². The van der Waals surface area contributed by atoms with E-state index in [1.165, 1.54) is 0 Å². The van der Waals surface area contributed by atoms with Gasteiger partial charge in [-0.2, -0.15) is 0 Å². The monoisotopic (exact) mass is 480 g/mol. The molecule has 2 bridgehead atoms. The van der Waals surface area contributed by atoms with Gasteiger partial charge >= 0.3 is 0 Å². The zero-order valence-electron chi connectivity index (χ0n) is 19.3. The molecule has 9 nitrogen and oxygen atoms in total. The first-order chi connectivity index (χ1) is 17.5. The predicted octanol–water partition coefficient (Wildman–Crippen LogP) is 2.42. The molecule has 4 heterocycles. The summed E-state index contributed by atoms with van der Waals surface area (Å²) in [5, 5.41) is 15.4. The Morgan fingerprint density at radius 3 is 2.17 bits per heavy atom. The Morgan fingerprint density at radius 2 is 1.53 bits per heavy atom. The van der Waals surface area contributed by atoms with Gasteiger partial charge in [0.2, 0.25) is 0 Å². The van der Waals surface area contributed by atoms with Crippen LogP contribution in [0.4, 0.5) is 0 Å². The number of hydrazine groups is 1. The minimum Gasteiger partial charge on any atom is -0.395 e. The maximum absolute atomic E-state index is 13.3. The number of hydrogen-bond donors (Lipinski definition) is 5. The number of imide groups is 1. The van der Waals surface area contributed by atoms with Gasteiger partial charge in [-0.1, -0.05) is 36.4 Å². The van der Waals surface area contributed by atoms with E-state index < -0.39 is 5.66 Å². The molecule has 1 saturated carbocycles. The molecule has 0 saturated heterocycles. The number of hydrogen-bond acceptors (Lipinski definition) is 6. The molecule has 9 heteroatoms. The second kappa shape index (κ2) is 6.71. The number of fused-ring (bicyclic) bond motifs is 13. The lowest BCUT2D eigenvalue weighted by atomic mass is 9.96. The van der Waals surface area contributed by atoms with Gasteiger partial charge in [0.1, 0.15) is 5.66 Å². The molecule has 1 aliphatic carbocycles. The summed E-state index contributed by atoms with van der Waals surface area (Å²) in [6.45, 7) is 0.371. The number of nitrogens with two attached hydrogens (primary N) is 1. The molecular weight excluding hydrogens is 456 g/mol. The summed E-state index contributed by atoms with van der Waals surface area (Å²) in [4.78, 5) is 26.5. The Balaban J connectivity index is 1.62. The minimum absolute atomic E-state index is 0.00512. The van der Waals surface area contributed by atoms with Gasteiger partial charge in [-0.25, -0.2) is 5.43 Å². The van der Waals surface area contributed by atoms with E-state index in [9.17, 15) is 14.7 Å². The van der Waals surface area contributed by atoms with E-state index in [1.807, 2.05) is 36.4 Å². The van der Waals surface area contributed by atoms with E-state index in [1.54, 1.807) is 0 Å². The molecule has 0 radical (unpaired) electrons. The lowest BCUT2D eigenvalue weighted by molar-refractivity contribution is 0.0880. The normalized spacial score (nSPS) is 24.5. The first-order valence-corrected chi connectivity index (χ1v) is 12.3. The Bertz CT molecular complexity index is 1820. The third-order valence-corrected chi connectivity index (χ3v) is 8.37. The molecule has 36 heavy (non-hydrogen) atoms. The van der Waals surface area contributed by atoms with Gasteiger partial charge in [-0.05, 0) is 18.6 Å². The summed E-state index contributed by atoms with van der Waals surface area (Å²) < 4.78 is 4.64. The van der Waals surface area contributed by atoms with Gasteiger partial charge in [0, 0.05) is 51.6 Å². The summed E-state index contributed by atoms with van der Waals surface area (Å²) in [5.41, 5.74) is 17.6. The molecule has 3 aromatic carbocycles. The number of carbonyl (C=O) groups is 2. The largest absolute Gasteiger partial charge is 0.395 e. The Labute approximate surface area is 204 Å². The van der Waals surface area contributed by atoms with Crippen molar-refractivity contribution in [2.75, 3.05) is 13.2 Å². The number of nitrogens with one attached hydrogen (secondary N) is 3. The second-order valence-electron chi connectivity index (χ2n) is 10.2. The highest BCUT2D eigenvalue weighted by molar-refractivity contribution is 6.39. The number of nitrogens with zero attached hydrogens (tertiary/aromatic N) is 2. The SMILES string of the molecule is N[C@@]1(NNCCO)CC2CC1n1c3ccccc3c3c4c(c5c6ccccc6n2c5c31)C(=O)NC4=O. The van der Waals surface area contributed by atoms with Crippen molar-refractivity contribution in [3.8, 4) is 0 Å². The van der Waals surface area contributed by atoms with Gasteiger partial charge in [0.05, 0.1) is 34.8 Å². The number of rotatable bonds is 4. The third kappa shape index (κ3) is 2.25. The number of carbonyl (C=O) groups excluding carboxylic acids is 2. The van der Waals surface area contributed by atoms with Crippen molar-refractivity contribution in [1.82, 2.24) is 25.3 Å². The first kappa shape index (κ1) is 20.4. The van der Waals surface area contributed by atoms with E-state index in [2.05, 4.69) is 37.4 Å². The quantitative estimate of drug-likeness (QED) is 0.116. The van der Waals surface area contributed by atoms with Crippen LogP contribution in [0.1, 0.15) is 45.6 Å². The molecular formula is C27H24N6O3. The van der Waals surface area contributed by atoms with Gasteiger partial charge in [0.25, 0.3) is 11.8 Å². The van der Waals surface area contributed by atoms with Crippen LogP contribution in [0.3, 0.4) is 0 Å². The van der Waals surface area contributed by atoms with Gasteiger partial charge in [0.15, 0.2) is 0 Å². The van der Waals surface area contributed by atoms with E-state index in [-0.39, 0.29) is 30.5 Å². The van der Waals surface area contributed by atoms with Crippen molar-refractivity contribution < 1.29 is 14.7 Å². The third-order valence-electron chi connectivity index (χ3n) is 8.37. The van der Waals surface area contributed by atoms with Crippen LogP contribution in [0.25, 0.3) is 43.6 Å². The Hall–Kier alpha value is -3.76. The molecule has 180 valence electrons. The van der Waals surface area contributed by atoms with Crippen LogP contribution < -0.4 is 21.9 Å². The van der Waals surface area contributed by atoms with Crippen molar-refractivity contribution in [3.63, 3.8) is 0 Å². The molecule has 8 rings (SSSR count). The molecule has 1 fully saturated rings. The van der Waals surface area contributed by atoms with Crippen molar-refractivity contribution in [3.05, 3.63) is 59.7 Å². The molecule has 2 unspecified atom stereocenters. The van der Waals surface area contributed by atoms with Gasteiger partial charge in [-0.3, -0.25) is 20.3 Å². The Kier molecular flexibility index (Phi) is 3.81. The fourth-order valence-electron chi connectivity index (χ4n) is 7.16. The Morgan fingerprint density at radius 1 is 0.944 bits per heavy atom. The fourth-order valence-corrected chi connectivity index (χ4v) is 7.16. The van der Waals surface area contributed by atoms with E-state index in [0.717, 1.165) is 50.0 Å². The van der Waals surface area contributed by atoms with Crippen LogP contribution in [-0.4, -0.2) is 44.9 Å². The lowest BCUT2D eigenvalue weighted by Crippen LogP contribution is -2.62. The maximum Gasteiger partial charge on any atom is 0.259 e. The molecule has 0 spiro atoms. The number of aromatic nitrogens is 2. The lowest BCUT2D eigenvalue weighted by Gasteiger charge is -2.35. The second-order valence-corrected chi connectivity index (χ2v) is 10.2. The predicted molar refractivity (Wildman–Crippen MR) is 137 cm³/mol. The van der Waals surface area contributed by atoms with E-state index >= 15 is 0 Å². The van der Waals surface area contributed by atoms with Crippen molar-refractivity contribution in [2.24, 2.45) is 5.73 Å². The van der Waals surface area contributed by atoms with Crippen LogP contribution >= 0.6 is 0 Å². The molecule has 5 aromatic rings. The maximum atomic E-state index is 13.3. The summed E-state index contributed by atoms with van der Waals surface area (Å²) in [6.07, 6.45) is 1.44. The summed E-state index contributed by atoms with van der Waals surface area (Å²) >= 11 is 0. The van der Waals surface area contributed by atoms with Crippen molar-refractivity contribution in [1.29, 1.82) is 0 Å². The summed E-state index contributed by atoms with van der Waals surface area (Å²) in [7, 11) is 0. The summed E-state index contributed by atoms with van der Waals surface area (Å²) in [5.74, 6) is -0.693. The molecule has 3 atom stereocenters. The molecule has 2 aliphatic heterocycles. The number of amides is 2. The topological polar surface area (TPSA) is 126 Å². The van der Waals surface area contributed by atoms with Crippen LogP contribution in [0.15, 0.2) is 48.5 Å². The first-order valence-electron chi connectivity index (χ1n) is 12.3. The van der Waals surface area contributed by atoms with Gasteiger partial charge in [-0.15, -0.1) is 0 Å². The minimum atomic E-state index is -0.805. The summed E-state index contributed by atoms with van der Waals surface area (Å²) in [6, 6.07) is 16.1. The van der Waals surface area contributed by atoms with Crippen LogP contribution in [-0.2, 0) is 0 Å². The van der Waals surface area contributed by atoms with Crippen molar-refractivity contribution in [2.45, 2.75) is 30.6 Å². The number of para-hydroxylation sites is 2. The molecule has 6 N–H and O–H groups in total. The zero-order valence-corrected chi connectivity index (χ0v) is 19.3. The molecule has 2 aromatic heterocycles.